The van der Waals surface area contributed by atoms with E-state index in [2.05, 4.69) is 32.9 Å². The average Bonchev–Trinajstić information content (AvgIpc) is 3.28. The number of nitrogens with zero attached hydrogens (tertiary/aromatic N) is 4. The number of hydrogen-bond acceptors (Lipinski definition) is 5. The maximum Gasteiger partial charge on any atom is 0.434 e. The normalized spacial score (nSPS) is 11.3. The molecule has 0 fully saturated rings. The second-order valence-electron chi connectivity index (χ2n) is 7.70. The lowest BCUT2D eigenvalue weighted by Gasteiger charge is -2.16. The van der Waals surface area contributed by atoms with Crippen LogP contribution in [0.5, 0.6) is 0 Å². The minimum Gasteiger partial charge on any atom is -0.383 e. The fourth-order valence-electron chi connectivity index (χ4n) is 3.65. The molecule has 3 aromatic heterocycles. The van der Waals surface area contributed by atoms with Crippen molar-refractivity contribution in [3.8, 4) is 18.2 Å². The van der Waals surface area contributed by atoms with Crippen molar-refractivity contribution in [2.75, 3.05) is 11.1 Å². The third kappa shape index (κ3) is 4.97. The monoisotopic (exact) mass is 514 g/mol. The van der Waals surface area contributed by atoms with Crippen molar-refractivity contribution in [1.29, 1.82) is 0 Å². The largest absolute Gasteiger partial charge is 0.434 e. The molecule has 0 unspecified atom stereocenters. The zero-order chi connectivity index (χ0) is 26.9. The smallest absolute Gasteiger partial charge is 0.383 e. The van der Waals surface area contributed by atoms with Gasteiger partial charge in [-0.15, -0.1) is 6.42 Å². The number of rotatable bonds is 6. The summed E-state index contributed by atoms with van der Waals surface area (Å²) in [5.41, 5.74) is 3.36. The first-order valence-electron chi connectivity index (χ1n) is 10.4. The number of nitrogens with one attached hydrogen (secondary N) is 1. The summed E-state index contributed by atoms with van der Waals surface area (Å²) in [4.78, 5) is 7.46. The van der Waals surface area contributed by atoms with Gasteiger partial charge in [-0.1, -0.05) is 12.5 Å². The van der Waals surface area contributed by atoms with Crippen molar-refractivity contribution in [3.63, 3.8) is 0 Å². The molecule has 0 amide bonds. The van der Waals surface area contributed by atoms with Gasteiger partial charge >= 0.3 is 6.18 Å². The van der Waals surface area contributed by atoms with Gasteiger partial charge < -0.3 is 11.1 Å². The van der Waals surface area contributed by atoms with Crippen LogP contribution in [0.2, 0.25) is 0 Å². The van der Waals surface area contributed by atoms with Gasteiger partial charge in [-0.05, 0) is 35.9 Å². The van der Waals surface area contributed by atoms with Crippen molar-refractivity contribution in [2.24, 2.45) is 0 Å². The molecule has 37 heavy (non-hydrogen) atoms. The Kier molecular flexibility index (Phi) is 6.63. The molecule has 0 aliphatic heterocycles. The topological polar surface area (TPSA) is 81.7 Å². The molecule has 1 aromatic carbocycles. The van der Waals surface area contributed by atoms with Crippen LogP contribution in [0.3, 0.4) is 0 Å². The van der Waals surface area contributed by atoms with Crippen LogP contribution in [0.15, 0.2) is 55.5 Å². The standard InChI is InChI=1S/C25H16F6N6/c1-3-16-14(6-8-33-23(16)32)9-17-20(27)10-15(11-21(17)28)36-13(2)18-12-35-37(22(18)25(29,30)31)24-19(26)5-4-7-34-24/h1,4-8,10-12,36H,2,9H2,(H2,32,33). The molecule has 0 atom stereocenters. The molecular formula is C25H16F6N6. The zero-order valence-electron chi connectivity index (χ0n) is 18.7. The quantitative estimate of drug-likeness (QED) is 0.268. The second-order valence-corrected chi connectivity index (χ2v) is 7.70. The van der Waals surface area contributed by atoms with E-state index in [1.54, 1.807) is 0 Å². The van der Waals surface area contributed by atoms with Crippen LogP contribution in [-0.4, -0.2) is 19.7 Å². The van der Waals surface area contributed by atoms with Gasteiger partial charge in [0.05, 0.1) is 11.8 Å². The Morgan fingerprint density at radius 2 is 1.78 bits per heavy atom. The van der Waals surface area contributed by atoms with Crippen LogP contribution in [0.4, 0.5) is 37.8 Å². The maximum absolute atomic E-state index is 14.9. The number of hydrogen-bond donors (Lipinski definition) is 2. The molecule has 0 saturated carbocycles. The number of nitrogen functional groups attached to an aromatic ring is 1. The van der Waals surface area contributed by atoms with Crippen molar-refractivity contribution < 1.29 is 26.3 Å². The lowest BCUT2D eigenvalue weighted by Crippen LogP contribution is -2.17. The SMILES string of the molecule is C#Cc1c(Cc2c(F)cc(NC(=C)c3cnn(-c4ncccc4F)c3C(F)(F)F)cc2F)ccnc1N. The van der Waals surface area contributed by atoms with E-state index in [0.29, 0.717) is 5.56 Å². The minimum atomic E-state index is -5.00. The Morgan fingerprint density at radius 3 is 2.41 bits per heavy atom. The number of pyridine rings is 2. The highest BCUT2D eigenvalue weighted by Crippen LogP contribution is 2.36. The van der Waals surface area contributed by atoms with Gasteiger partial charge in [0.2, 0.25) is 0 Å². The predicted molar refractivity (Wildman–Crippen MR) is 125 cm³/mol. The highest BCUT2D eigenvalue weighted by Gasteiger charge is 2.40. The Morgan fingerprint density at radius 1 is 1.08 bits per heavy atom. The second kappa shape index (κ2) is 9.69. The molecule has 4 aromatic rings. The zero-order valence-corrected chi connectivity index (χ0v) is 18.7. The van der Waals surface area contributed by atoms with E-state index < -0.39 is 46.4 Å². The van der Waals surface area contributed by atoms with Crippen molar-refractivity contribution in [2.45, 2.75) is 12.6 Å². The fourth-order valence-corrected chi connectivity index (χ4v) is 3.65. The van der Waals surface area contributed by atoms with Gasteiger partial charge in [-0.25, -0.2) is 27.8 Å². The third-order valence-electron chi connectivity index (χ3n) is 5.32. The molecule has 0 aliphatic rings. The van der Waals surface area contributed by atoms with Gasteiger partial charge in [0.1, 0.15) is 17.5 Å². The summed E-state index contributed by atoms with van der Waals surface area (Å²) in [5, 5.41) is 6.06. The molecule has 0 saturated heterocycles. The lowest BCUT2D eigenvalue weighted by atomic mass is 10.00. The highest BCUT2D eigenvalue weighted by molar-refractivity contribution is 5.77. The van der Waals surface area contributed by atoms with E-state index >= 15 is 0 Å². The summed E-state index contributed by atoms with van der Waals surface area (Å²) in [5.74, 6) is -1.34. The maximum atomic E-state index is 14.9. The van der Waals surface area contributed by atoms with Crippen LogP contribution in [0.25, 0.3) is 11.5 Å². The fraction of sp³-hybridized carbons (Fsp3) is 0.0800. The molecule has 0 aliphatic carbocycles. The lowest BCUT2D eigenvalue weighted by molar-refractivity contribution is -0.143. The first kappa shape index (κ1) is 25.3. The van der Waals surface area contributed by atoms with E-state index in [1.165, 1.54) is 18.3 Å². The van der Waals surface area contributed by atoms with E-state index in [9.17, 15) is 26.3 Å². The number of alkyl halides is 3. The molecule has 0 radical (unpaired) electrons. The van der Waals surface area contributed by atoms with E-state index in [0.717, 1.165) is 30.6 Å². The van der Waals surface area contributed by atoms with E-state index in [-0.39, 0.29) is 33.7 Å². The van der Waals surface area contributed by atoms with Crippen molar-refractivity contribution in [1.82, 2.24) is 19.7 Å². The van der Waals surface area contributed by atoms with Gasteiger partial charge in [-0.2, -0.15) is 18.3 Å². The van der Waals surface area contributed by atoms with Crippen LogP contribution >= 0.6 is 0 Å². The molecule has 6 nitrogen and oxygen atoms in total. The Bertz CT molecular complexity index is 1530. The number of aromatic nitrogens is 4. The molecule has 3 N–H and O–H groups in total. The summed E-state index contributed by atoms with van der Waals surface area (Å²) in [6.45, 7) is 3.54. The Hall–Kier alpha value is -4.79. The number of nitrogens with two attached hydrogens (primary N) is 1. The predicted octanol–water partition coefficient (Wildman–Crippen LogP) is 5.34. The molecule has 0 bridgehead atoms. The first-order valence-corrected chi connectivity index (χ1v) is 10.4. The highest BCUT2D eigenvalue weighted by atomic mass is 19.4. The van der Waals surface area contributed by atoms with Crippen LogP contribution < -0.4 is 11.1 Å². The van der Waals surface area contributed by atoms with Crippen molar-refractivity contribution in [3.05, 3.63) is 101 Å². The van der Waals surface area contributed by atoms with Crippen molar-refractivity contribution >= 4 is 17.2 Å². The third-order valence-corrected chi connectivity index (χ3v) is 5.32. The summed E-state index contributed by atoms with van der Waals surface area (Å²) < 4.78 is 85.9. The average molecular weight is 514 g/mol. The summed E-state index contributed by atoms with van der Waals surface area (Å²) >= 11 is 0. The molecule has 3 heterocycles. The molecular weight excluding hydrogens is 498 g/mol. The van der Waals surface area contributed by atoms with Crippen LogP contribution in [-0.2, 0) is 12.6 Å². The van der Waals surface area contributed by atoms with Gasteiger partial charge in [0.15, 0.2) is 17.3 Å². The summed E-state index contributed by atoms with van der Waals surface area (Å²) in [7, 11) is 0. The van der Waals surface area contributed by atoms with Gasteiger partial charge in [-0.3, -0.25) is 0 Å². The minimum absolute atomic E-state index is 0.0296. The van der Waals surface area contributed by atoms with Gasteiger partial charge in [0.25, 0.3) is 0 Å². The number of anilines is 2. The first-order chi connectivity index (χ1) is 17.5. The van der Waals surface area contributed by atoms with Crippen LogP contribution in [0.1, 0.15) is 27.9 Å². The molecule has 188 valence electrons. The number of terminal acetylenes is 1. The number of halogens is 6. The molecule has 4 rings (SSSR count). The summed E-state index contributed by atoms with van der Waals surface area (Å²) in [6.07, 6.45) is 3.42. The molecule has 12 heteroatoms. The Labute approximate surface area is 206 Å². The Balaban J connectivity index is 1.66. The van der Waals surface area contributed by atoms with E-state index in [4.69, 9.17) is 12.2 Å². The number of benzene rings is 1. The molecule has 0 spiro atoms. The van der Waals surface area contributed by atoms with Crippen LogP contribution in [0, 0.1) is 29.8 Å². The van der Waals surface area contributed by atoms with Gasteiger partial charge in [0, 0.05) is 41.3 Å². The van der Waals surface area contributed by atoms with E-state index in [1.807, 2.05) is 0 Å². The summed E-state index contributed by atoms with van der Waals surface area (Å²) in [6, 6.07) is 5.39.